The third-order valence-electron chi connectivity index (χ3n) is 3.63. The molecule has 1 aromatic heterocycles. The van der Waals surface area contributed by atoms with Crippen molar-refractivity contribution < 1.29 is 13.9 Å². The van der Waals surface area contributed by atoms with Gasteiger partial charge in [0.1, 0.15) is 5.82 Å². The van der Waals surface area contributed by atoms with Crippen molar-refractivity contribution in [3.05, 3.63) is 30.1 Å². The lowest BCUT2D eigenvalue weighted by molar-refractivity contribution is -0.132. The zero-order valence-electron chi connectivity index (χ0n) is 12.7. The van der Waals surface area contributed by atoms with Gasteiger partial charge in [0, 0.05) is 25.7 Å². The lowest BCUT2D eigenvalue weighted by atomic mass is 10.2. The average Bonchev–Trinajstić information content (AvgIpc) is 2.95. The molecule has 0 bridgehead atoms. The van der Waals surface area contributed by atoms with Crippen LogP contribution < -0.4 is 0 Å². The van der Waals surface area contributed by atoms with Gasteiger partial charge in [0.05, 0.1) is 19.0 Å². The van der Waals surface area contributed by atoms with Gasteiger partial charge in [0.2, 0.25) is 5.91 Å². The number of rotatable bonds is 4. The number of hydrogen-bond donors (Lipinski definition) is 0. The van der Waals surface area contributed by atoms with Crippen LogP contribution in [0.25, 0.3) is 11.4 Å². The van der Waals surface area contributed by atoms with Crippen LogP contribution in [0.2, 0.25) is 0 Å². The van der Waals surface area contributed by atoms with Crippen molar-refractivity contribution in [3.63, 3.8) is 0 Å². The van der Waals surface area contributed by atoms with E-state index >= 15 is 0 Å². The number of benzene rings is 1. The summed E-state index contributed by atoms with van der Waals surface area (Å²) in [5.41, 5.74) is 0.785. The second kappa shape index (κ2) is 7.10. The van der Waals surface area contributed by atoms with Gasteiger partial charge < -0.3 is 14.2 Å². The van der Waals surface area contributed by atoms with Gasteiger partial charge in [-0.05, 0) is 24.3 Å². The molecule has 2 aromatic rings. The van der Waals surface area contributed by atoms with E-state index in [0.717, 1.165) is 5.56 Å². The van der Waals surface area contributed by atoms with E-state index in [1.165, 1.54) is 23.9 Å². The van der Waals surface area contributed by atoms with Gasteiger partial charge in [-0.15, -0.1) is 10.2 Å². The van der Waals surface area contributed by atoms with Gasteiger partial charge >= 0.3 is 0 Å². The summed E-state index contributed by atoms with van der Waals surface area (Å²) in [5, 5.41) is 8.91. The Hall–Kier alpha value is -1.93. The Bertz CT molecular complexity index is 683. The number of aromatic nitrogens is 3. The highest BCUT2D eigenvalue weighted by atomic mass is 32.2. The predicted octanol–water partition coefficient (Wildman–Crippen LogP) is 1.57. The lowest BCUT2D eigenvalue weighted by Crippen LogP contribution is -2.41. The molecular weight excluding hydrogens is 319 g/mol. The summed E-state index contributed by atoms with van der Waals surface area (Å²) >= 11 is 1.35. The largest absolute Gasteiger partial charge is 0.378 e. The normalized spacial score (nSPS) is 15.0. The molecule has 0 radical (unpaired) electrons. The number of amides is 1. The third kappa shape index (κ3) is 3.70. The maximum Gasteiger partial charge on any atom is 0.233 e. The zero-order valence-corrected chi connectivity index (χ0v) is 13.6. The van der Waals surface area contributed by atoms with Gasteiger partial charge in [0.25, 0.3) is 0 Å². The molecule has 122 valence electrons. The molecule has 0 unspecified atom stereocenters. The quantitative estimate of drug-likeness (QED) is 0.793. The summed E-state index contributed by atoms with van der Waals surface area (Å²) < 4.78 is 20.0. The number of carbonyl (C=O) groups is 1. The molecule has 0 atom stereocenters. The van der Waals surface area contributed by atoms with E-state index in [4.69, 9.17) is 4.74 Å². The monoisotopic (exact) mass is 336 g/mol. The van der Waals surface area contributed by atoms with Crippen LogP contribution in [0.1, 0.15) is 0 Å². The van der Waals surface area contributed by atoms with Crippen molar-refractivity contribution in [2.24, 2.45) is 7.05 Å². The van der Waals surface area contributed by atoms with Gasteiger partial charge in [0.15, 0.2) is 11.0 Å². The SMILES string of the molecule is Cn1c(SCC(=O)N2CCOCC2)nnc1-c1ccc(F)cc1. The molecule has 6 nitrogen and oxygen atoms in total. The fraction of sp³-hybridized carbons (Fsp3) is 0.400. The van der Waals surface area contributed by atoms with Crippen molar-refractivity contribution in [3.8, 4) is 11.4 Å². The Labute approximate surface area is 137 Å². The predicted molar refractivity (Wildman–Crippen MR) is 84.5 cm³/mol. The fourth-order valence-electron chi connectivity index (χ4n) is 2.32. The van der Waals surface area contributed by atoms with Crippen LogP contribution >= 0.6 is 11.8 Å². The fourth-order valence-corrected chi connectivity index (χ4v) is 3.14. The van der Waals surface area contributed by atoms with Gasteiger partial charge in [-0.1, -0.05) is 11.8 Å². The Morgan fingerprint density at radius 2 is 1.96 bits per heavy atom. The van der Waals surface area contributed by atoms with E-state index in [-0.39, 0.29) is 11.7 Å². The highest BCUT2D eigenvalue weighted by Gasteiger charge is 2.18. The standard InChI is InChI=1S/C15H17FN4O2S/c1-19-14(11-2-4-12(16)5-3-11)17-18-15(19)23-10-13(21)20-6-8-22-9-7-20/h2-5H,6-10H2,1H3. The van der Waals surface area contributed by atoms with Crippen LogP contribution in [0.3, 0.4) is 0 Å². The van der Waals surface area contributed by atoms with E-state index < -0.39 is 0 Å². The van der Waals surface area contributed by atoms with Crippen molar-refractivity contribution in [2.75, 3.05) is 32.1 Å². The molecule has 2 heterocycles. The Balaban J connectivity index is 1.65. The van der Waals surface area contributed by atoms with Gasteiger partial charge in [-0.25, -0.2) is 4.39 Å². The summed E-state index contributed by atoms with van der Waals surface area (Å²) in [6, 6.07) is 6.09. The second-order valence-electron chi connectivity index (χ2n) is 5.15. The van der Waals surface area contributed by atoms with E-state index in [9.17, 15) is 9.18 Å². The molecule has 23 heavy (non-hydrogen) atoms. The van der Waals surface area contributed by atoms with Gasteiger partial charge in [-0.3, -0.25) is 4.79 Å². The van der Waals surface area contributed by atoms with Crippen molar-refractivity contribution in [2.45, 2.75) is 5.16 Å². The summed E-state index contributed by atoms with van der Waals surface area (Å²) in [5.74, 6) is 0.743. The summed E-state index contributed by atoms with van der Waals surface area (Å²) in [4.78, 5) is 13.9. The number of ether oxygens (including phenoxy) is 1. The van der Waals surface area contributed by atoms with Crippen molar-refractivity contribution in [1.29, 1.82) is 0 Å². The number of hydrogen-bond acceptors (Lipinski definition) is 5. The number of nitrogens with zero attached hydrogens (tertiary/aromatic N) is 4. The maximum atomic E-state index is 13.0. The van der Waals surface area contributed by atoms with E-state index in [2.05, 4.69) is 10.2 Å². The molecule has 0 aliphatic carbocycles. The van der Waals surface area contributed by atoms with Crippen LogP contribution in [0.4, 0.5) is 4.39 Å². The minimum absolute atomic E-state index is 0.0737. The van der Waals surface area contributed by atoms with Crippen molar-refractivity contribution >= 4 is 17.7 Å². The number of thioether (sulfide) groups is 1. The zero-order chi connectivity index (χ0) is 16.2. The summed E-state index contributed by atoms with van der Waals surface area (Å²) in [6.07, 6.45) is 0. The number of halogens is 1. The smallest absolute Gasteiger partial charge is 0.233 e. The van der Waals surface area contributed by atoms with Gasteiger partial charge in [-0.2, -0.15) is 0 Å². The summed E-state index contributed by atoms with van der Waals surface area (Å²) in [6.45, 7) is 2.46. The van der Waals surface area contributed by atoms with Crippen LogP contribution in [0.5, 0.6) is 0 Å². The molecule has 1 saturated heterocycles. The van der Waals surface area contributed by atoms with Crippen LogP contribution in [0.15, 0.2) is 29.4 Å². The van der Waals surface area contributed by atoms with Crippen molar-refractivity contribution in [1.82, 2.24) is 19.7 Å². The Kier molecular flexibility index (Phi) is 4.92. The lowest BCUT2D eigenvalue weighted by Gasteiger charge is -2.26. The van der Waals surface area contributed by atoms with E-state index in [0.29, 0.717) is 43.0 Å². The molecule has 3 rings (SSSR count). The molecule has 1 aromatic carbocycles. The molecule has 1 fully saturated rings. The second-order valence-corrected chi connectivity index (χ2v) is 6.10. The molecule has 1 aliphatic rings. The molecule has 1 aliphatic heterocycles. The molecule has 8 heteroatoms. The number of carbonyl (C=O) groups excluding carboxylic acids is 1. The Morgan fingerprint density at radius 3 is 2.65 bits per heavy atom. The van der Waals surface area contributed by atoms with Crippen LogP contribution in [-0.4, -0.2) is 57.6 Å². The minimum Gasteiger partial charge on any atom is -0.378 e. The Morgan fingerprint density at radius 1 is 1.26 bits per heavy atom. The molecule has 0 spiro atoms. The topological polar surface area (TPSA) is 60.2 Å². The first-order chi connectivity index (χ1) is 11.1. The average molecular weight is 336 g/mol. The molecule has 0 saturated carbocycles. The minimum atomic E-state index is -0.290. The van der Waals surface area contributed by atoms with E-state index in [1.807, 2.05) is 11.6 Å². The van der Waals surface area contributed by atoms with Crippen LogP contribution in [-0.2, 0) is 16.6 Å². The first-order valence-electron chi connectivity index (χ1n) is 7.29. The third-order valence-corrected chi connectivity index (χ3v) is 4.63. The highest BCUT2D eigenvalue weighted by molar-refractivity contribution is 7.99. The van der Waals surface area contributed by atoms with Crippen LogP contribution in [0, 0.1) is 5.82 Å². The maximum absolute atomic E-state index is 13.0. The molecule has 1 amide bonds. The first kappa shape index (κ1) is 15.9. The first-order valence-corrected chi connectivity index (χ1v) is 8.27. The molecular formula is C15H17FN4O2S. The highest BCUT2D eigenvalue weighted by Crippen LogP contribution is 2.23. The summed E-state index contributed by atoms with van der Waals surface area (Å²) in [7, 11) is 1.83. The van der Waals surface area contributed by atoms with E-state index in [1.54, 1.807) is 17.0 Å². The number of morpholine rings is 1. The molecule has 0 N–H and O–H groups in total.